The zero-order valence-electron chi connectivity index (χ0n) is 25.5. The van der Waals surface area contributed by atoms with Crippen molar-refractivity contribution in [2.24, 2.45) is 11.8 Å². The summed E-state index contributed by atoms with van der Waals surface area (Å²) in [6.07, 6.45) is 32.9. The highest BCUT2D eigenvalue weighted by Gasteiger charge is 2.20. The lowest BCUT2D eigenvalue weighted by Gasteiger charge is -2.28. The van der Waals surface area contributed by atoms with Gasteiger partial charge in [-0.2, -0.15) is 0 Å². The topological polar surface area (TPSA) is 35.0 Å². The number of benzene rings is 1. The average molecular weight is 535 g/mol. The minimum Gasteiger partial charge on any atom is -0.494 e. The highest BCUT2D eigenvalue weighted by Crippen LogP contribution is 2.34. The molecule has 2 aromatic rings. The first-order chi connectivity index (χ1) is 19.3. The molecule has 0 aliphatic heterocycles. The van der Waals surface area contributed by atoms with E-state index in [1.807, 2.05) is 12.4 Å². The van der Waals surface area contributed by atoms with Crippen molar-refractivity contribution in [2.75, 3.05) is 6.61 Å². The normalized spacial score (nSPS) is 17.4. The SMILES string of the molecule is CCCCCCCCCC[C@H]1CC[C@H](CCCOc2ccc(-c3ncc(CCCCCCC)cn3)cc2)CC1. The van der Waals surface area contributed by atoms with Crippen LogP contribution in [0.1, 0.15) is 148 Å². The van der Waals surface area contributed by atoms with Crippen LogP contribution in [0.5, 0.6) is 5.75 Å². The number of rotatable bonds is 21. The molecule has 1 heterocycles. The van der Waals surface area contributed by atoms with Crippen LogP contribution in [0.25, 0.3) is 11.4 Å². The molecule has 3 nitrogen and oxygen atoms in total. The van der Waals surface area contributed by atoms with Gasteiger partial charge in [-0.05, 0) is 67.3 Å². The van der Waals surface area contributed by atoms with Crippen LogP contribution >= 0.6 is 0 Å². The third kappa shape index (κ3) is 13.3. The summed E-state index contributed by atoms with van der Waals surface area (Å²) in [5.74, 6) is 3.68. The quantitative estimate of drug-likeness (QED) is 0.149. The van der Waals surface area contributed by atoms with Gasteiger partial charge in [-0.15, -0.1) is 0 Å². The molecular weight excluding hydrogens is 476 g/mol. The summed E-state index contributed by atoms with van der Waals surface area (Å²) in [4.78, 5) is 9.22. The zero-order valence-corrected chi connectivity index (χ0v) is 25.5. The van der Waals surface area contributed by atoms with Gasteiger partial charge in [0.15, 0.2) is 5.82 Å². The fourth-order valence-corrected chi connectivity index (χ4v) is 6.20. The molecule has 0 bridgehead atoms. The van der Waals surface area contributed by atoms with Crippen LogP contribution in [0.15, 0.2) is 36.7 Å². The molecule has 39 heavy (non-hydrogen) atoms. The average Bonchev–Trinajstić information content (AvgIpc) is 2.98. The first-order valence-corrected chi connectivity index (χ1v) is 16.8. The van der Waals surface area contributed by atoms with E-state index in [-0.39, 0.29) is 0 Å². The van der Waals surface area contributed by atoms with Crippen LogP contribution in [0.3, 0.4) is 0 Å². The zero-order chi connectivity index (χ0) is 27.4. The Bertz CT molecular complexity index is 839. The third-order valence-corrected chi connectivity index (χ3v) is 8.84. The van der Waals surface area contributed by atoms with Crippen LogP contribution in [-0.4, -0.2) is 16.6 Å². The van der Waals surface area contributed by atoms with Crippen molar-refractivity contribution in [3.05, 3.63) is 42.2 Å². The summed E-state index contributed by atoms with van der Waals surface area (Å²) in [6.45, 7) is 5.38. The largest absolute Gasteiger partial charge is 0.494 e. The first-order valence-electron chi connectivity index (χ1n) is 16.8. The van der Waals surface area contributed by atoms with Gasteiger partial charge in [0.05, 0.1) is 6.61 Å². The lowest BCUT2D eigenvalue weighted by molar-refractivity contribution is 0.228. The summed E-state index contributed by atoms with van der Waals surface area (Å²) in [5, 5.41) is 0. The molecule has 0 radical (unpaired) electrons. The number of ether oxygens (including phenoxy) is 1. The monoisotopic (exact) mass is 534 g/mol. The van der Waals surface area contributed by atoms with Crippen LogP contribution in [-0.2, 0) is 6.42 Å². The van der Waals surface area contributed by atoms with Crippen LogP contribution < -0.4 is 4.74 Å². The second-order valence-electron chi connectivity index (χ2n) is 12.2. The number of unbranched alkanes of at least 4 members (excludes halogenated alkanes) is 11. The minimum absolute atomic E-state index is 0.800. The molecular formula is C36H58N2O. The van der Waals surface area contributed by atoms with Gasteiger partial charge in [-0.1, -0.05) is 123 Å². The van der Waals surface area contributed by atoms with Crippen molar-refractivity contribution in [3.8, 4) is 17.1 Å². The van der Waals surface area contributed by atoms with E-state index in [1.54, 1.807) is 0 Å². The van der Waals surface area contributed by atoms with Gasteiger partial charge in [0.2, 0.25) is 0 Å². The number of nitrogens with zero attached hydrogens (tertiary/aromatic N) is 2. The smallest absolute Gasteiger partial charge is 0.159 e. The van der Waals surface area contributed by atoms with E-state index in [4.69, 9.17) is 4.74 Å². The van der Waals surface area contributed by atoms with Crippen molar-refractivity contribution >= 4 is 0 Å². The van der Waals surface area contributed by atoms with Gasteiger partial charge < -0.3 is 4.74 Å². The van der Waals surface area contributed by atoms with Crippen LogP contribution in [0.2, 0.25) is 0 Å². The van der Waals surface area contributed by atoms with E-state index in [0.717, 1.165) is 48.4 Å². The Kier molecular flexibility index (Phi) is 16.3. The number of hydrogen-bond acceptors (Lipinski definition) is 3. The van der Waals surface area contributed by atoms with Crippen molar-refractivity contribution in [2.45, 2.75) is 149 Å². The Morgan fingerprint density at radius 3 is 1.72 bits per heavy atom. The number of aromatic nitrogens is 2. The Morgan fingerprint density at radius 1 is 0.615 bits per heavy atom. The maximum Gasteiger partial charge on any atom is 0.159 e. The van der Waals surface area contributed by atoms with Crippen LogP contribution in [0.4, 0.5) is 0 Å². The molecule has 1 saturated carbocycles. The van der Waals surface area contributed by atoms with Crippen LogP contribution in [0, 0.1) is 11.8 Å². The fourth-order valence-electron chi connectivity index (χ4n) is 6.20. The lowest BCUT2D eigenvalue weighted by Crippen LogP contribution is -2.15. The highest BCUT2D eigenvalue weighted by molar-refractivity contribution is 5.55. The summed E-state index contributed by atoms with van der Waals surface area (Å²) < 4.78 is 6.07. The molecule has 1 aromatic heterocycles. The predicted octanol–water partition coefficient (Wildman–Crippen LogP) is 11.2. The predicted molar refractivity (Wildman–Crippen MR) is 167 cm³/mol. The molecule has 0 atom stereocenters. The Balaban J connectivity index is 1.22. The molecule has 0 N–H and O–H groups in total. The molecule has 0 amide bonds. The summed E-state index contributed by atoms with van der Waals surface area (Å²) >= 11 is 0. The second kappa shape index (κ2) is 20.0. The summed E-state index contributed by atoms with van der Waals surface area (Å²) in [7, 11) is 0. The second-order valence-corrected chi connectivity index (χ2v) is 12.2. The van der Waals surface area contributed by atoms with E-state index in [9.17, 15) is 0 Å². The molecule has 3 heteroatoms. The third-order valence-electron chi connectivity index (χ3n) is 8.84. The van der Waals surface area contributed by atoms with Crippen molar-refractivity contribution in [3.63, 3.8) is 0 Å². The van der Waals surface area contributed by atoms with E-state index < -0.39 is 0 Å². The van der Waals surface area contributed by atoms with Gasteiger partial charge in [-0.3, -0.25) is 0 Å². The van der Waals surface area contributed by atoms with E-state index in [2.05, 4.69) is 48.1 Å². The standard InChI is InChI=1S/C36H58N2O/c1-3-5-7-9-10-11-13-14-17-31-20-22-32(23-21-31)19-16-28-39-35-26-24-34(25-27-35)36-37-29-33(30-38-36)18-15-12-8-6-4-2/h24-27,29-32H,3-23,28H2,1-2H3/t31-,32-. The first kappa shape index (κ1) is 31.6. The summed E-state index contributed by atoms with van der Waals surface area (Å²) in [5.41, 5.74) is 2.30. The molecule has 0 saturated heterocycles. The van der Waals surface area contributed by atoms with Crippen molar-refractivity contribution < 1.29 is 4.74 Å². The van der Waals surface area contributed by atoms with E-state index >= 15 is 0 Å². The maximum atomic E-state index is 6.07. The van der Waals surface area contributed by atoms with Crippen molar-refractivity contribution in [1.82, 2.24) is 9.97 Å². The van der Waals surface area contributed by atoms with Gasteiger partial charge in [0.25, 0.3) is 0 Å². The molecule has 1 fully saturated rings. The van der Waals surface area contributed by atoms with E-state index in [0.29, 0.717) is 0 Å². The maximum absolute atomic E-state index is 6.07. The molecule has 1 aliphatic carbocycles. The minimum atomic E-state index is 0.800. The van der Waals surface area contributed by atoms with Gasteiger partial charge in [0, 0.05) is 18.0 Å². The fraction of sp³-hybridized carbons (Fsp3) is 0.722. The highest BCUT2D eigenvalue weighted by atomic mass is 16.5. The molecule has 0 spiro atoms. The number of hydrogen-bond donors (Lipinski definition) is 0. The Hall–Kier alpha value is -1.90. The molecule has 1 aliphatic rings. The molecule has 218 valence electrons. The molecule has 3 rings (SSSR count). The summed E-state index contributed by atoms with van der Waals surface area (Å²) in [6, 6.07) is 8.30. The molecule has 0 unspecified atom stereocenters. The van der Waals surface area contributed by atoms with Gasteiger partial charge in [-0.25, -0.2) is 9.97 Å². The molecule has 1 aromatic carbocycles. The van der Waals surface area contributed by atoms with Crippen molar-refractivity contribution in [1.29, 1.82) is 0 Å². The van der Waals surface area contributed by atoms with E-state index in [1.165, 1.54) is 128 Å². The van der Waals surface area contributed by atoms with Gasteiger partial charge in [0.1, 0.15) is 5.75 Å². The number of aryl methyl sites for hydroxylation is 1. The van der Waals surface area contributed by atoms with Gasteiger partial charge >= 0.3 is 0 Å². The lowest BCUT2D eigenvalue weighted by atomic mass is 9.78. The Morgan fingerprint density at radius 2 is 1.13 bits per heavy atom. The Labute approximate surface area is 241 Å².